The Hall–Kier alpha value is -3.09. The lowest BCUT2D eigenvalue weighted by Crippen LogP contribution is -2.34. The average Bonchev–Trinajstić information content (AvgIpc) is 2.76. The van der Waals surface area contributed by atoms with Crippen LogP contribution in [0.1, 0.15) is 16.7 Å². The van der Waals surface area contributed by atoms with Crippen LogP contribution in [0.25, 0.3) is 12.2 Å². The number of ketones is 1. The molecule has 158 valence electrons. The minimum atomic E-state index is -0.0973. The van der Waals surface area contributed by atoms with Crippen molar-refractivity contribution >= 4 is 17.9 Å². The van der Waals surface area contributed by atoms with Gasteiger partial charge in [-0.15, -0.1) is 0 Å². The molecule has 6 heteroatoms. The Balaban J connectivity index is 1.93. The number of Topliss-reactive ketones (excluding diaryl/α,β-unsaturated/α-hetero) is 1. The van der Waals surface area contributed by atoms with Crippen LogP contribution in [0.15, 0.2) is 47.5 Å². The smallest absolute Gasteiger partial charge is 0.187 e. The molecule has 1 heterocycles. The summed E-state index contributed by atoms with van der Waals surface area (Å²) in [5.74, 6) is 1.89. The van der Waals surface area contributed by atoms with Crippen LogP contribution in [0.5, 0.6) is 17.2 Å². The summed E-state index contributed by atoms with van der Waals surface area (Å²) in [6, 6.07) is 11.1. The van der Waals surface area contributed by atoms with Crippen molar-refractivity contribution in [3.05, 3.63) is 64.2 Å². The first-order chi connectivity index (χ1) is 14.5. The summed E-state index contributed by atoms with van der Waals surface area (Å²) in [6.45, 7) is 1.03. The van der Waals surface area contributed by atoms with Crippen LogP contribution in [0, 0.1) is 0 Å². The molecule has 0 aromatic heterocycles. The van der Waals surface area contributed by atoms with Gasteiger partial charge < -0.3 is 19.3 Å². The van der Waals surface area contributed by atoms with Crippen LogP contribution in [0.2, 0.25) is 0 Å². The van der Waals surface area contributed by atoms with Gasteiger partial charge in [-0.1, -0.05) is 18.2 Å². The number of rotatable bonds is 6. The average molecular weight is 409 g/mol. The molecule has 1 saturated heterocycles. The fraction of sp³-hybridized carbons (Fsp3) is 0.292. The first kappa shape index (κ1) is 21.6. The highest BCUT2D eigenvalue weighted by Crippen LogP contribution is 2.30. The van der Waals surface area contributed by atoms with Gasteiger partial charge in [0.25, 0.3) is 0 Å². The molecule has 1 N–H and O–H groups in total. The largest absolute Gasteiger partial charge is 0.496 e. The predicted octanol–water partition coefficient (Wildman–Crippen LogP) is 3.19. The number of nitrogens with zero attached hydrogens (tertiary/aromatic N) is 1. The zero-order valence-electron chi connectivity index (χ0n) is 17.8. The third-order valence-corrected chi connectivity index (χ3v) is 5.03. The lowest BCUT2D eigenvalue weighted by atomic mass is 9.94. The normalized spacial score (nSPS) is 17.4. The van der Waals surface area contributed by atoms with Gasteiger partial charge in [0.15, 0.2) is 17.3 Å². The van der Waals surface area contributed by atoms with Crippen LogP contribution < -0.4 is 14.2 Å². The number of carbonyl (C=O) groups excluding carboxylic acids is 1. The van der Waals surface area contributed by atoms with E-state index < -0.39 is 0 Å². The maximum absolute atomic E-state index is 13.1. The molecule has 0 bridgehead atoms. The van der Waals surface area contributed by atoms with E-state index in [0.29, 0.717) is 47.0 Å². The summed E-state index contributed by atoms with van der Waals surface area (Å²) in [5.41, 5.74) is 3.85. The molecule has 0 radical (unpaired) electrons. The maximum Gasteiger partial charge on any atom is 0.187 e. The number of aliphatic hydroxyl groups is 1. The van der Waals surface area contributed by atoms with Crippen LogP contribution in [0.3, 0.4) is 0 Å². The van der Waals surface area contributed by atoms with Crippen molar-refractivity contribution in [3.8, 4) is 17.2 Å². The summed E-state index contributed by atoms with van der Waals surface area (Å²) in [7, 11) is 6.73. The van der Waals surface area contributed by atoms with Gasteiger partial charge in [-0.25, -0.2) is 0 Å². The van der Waals surface area contributed by atoms with Crippen molar-refractivity contribution < 1.29 is 24.1 Å². The number of carbonyl (C=O) groups is 1. The van der Waals surface area contributed by atoms with Gasteiger partial charge in [0.1, 0.15) is 5.75 Å². The van der Waals surface area contributed by atoms with Crippen LogP contribution in [0.4, 0.5) is 0 Å². The van der Waals surface area contributed by atoms with Gasteiger partial charge >= 0.3 is 0 Å². The van der Waals surface area contributed by atoms with E-state index in [0.717, 1.165) is 11.1 Å². The van der Waals surface area contributed by atoms with Crippen LogP contribution in [-0.4, -0.2) is 57.3 Å². The lowest BCUT2D eigenvalue weighted by Gasteiger charge is -2.26. The van der Waals surface area contributed by atoms with Gasteiger partial charge in [-0.3, -0.25) is 9.69 Å². The Morgan fingerprint density at radius 2 is 1.40 bits per heavy atom. The first-order valence-corrected chi connectivity index (χ1v) is 9.63. The second kappa shape index (κ2) is 9.61. The van der Waals surface area contributed by atoms with E-state index in [1.54, 1.807) is 21.3 Å². The Morgan fingerprint density at radius 1 is 0.867 bits per heavy atom. The number of hydrogen-bond acceptors (Lipinski definition) is 6. The summed E-state index contributed by atoms with van der Waals surface area (Å²) >= 11 is 0. The standard InChI is InChI=1S/C24H27NO5/c1-25-13-19(9-16-5-7-18(15-26)22(11-16)29-3)24(27)20(14-25)10-17-6-8-21(28-2)23(12-17)30-4/h5-12,26H,13-15H2,1-4H3/b19-9+,20-10+. The molecule has 6 nitrogen and oxygen atoms in total. The number of aliphatic hydroxyl groups excluding tert-OH is 1. The molecule has 0 amide bonds. The number of benzene rings is 2. The molecule has 2 aromatic rings. The van der Waals surface area contributed by atoms with E-state index in [4.69, 9.17) is 14.2 Å². The zero-order chi connectivity index (χ0) is 21.7. The van der Waals surface area contributed by atoms with Crippen molar-refractivity contribution in [2.45, 2.75) is 6.61 Å². The van der Waals surface area contributed by atoms with Crippen molar-refractivity contribution in [2.75, 3.05) is 41.5 Å². The second-order valence-electron chi connectivity index (χ2n) is 7.18. The van der Waals surface area contributed by atoms with E-state index in [9.17, 15) is 9.90 Å². The Kier molecular flexibility index (Phi) is 6.92. The van der Waals surface area contributed by atoms with Crippen LogP contribution in [-0.2, 0) is 11.4 Å². The molecule has 1 aliphatic rings. The van der Waals surface area contributed by atoms with Crippen molar-refractivity contribution in [2.24, 2.45) is 0 Å². The summed E-state index contributed by atoms with van der Waals surface area (Å²) in [6.07, 6.45) is 3.77. The second-order valence-corrected chi connectivity index (χ2v) is 7.18. The van der Waals surface area contributed by atoms with Gasteiger partial charge in [-0.05, 0) is 48.5 Å². The molecule has 0 saturated carbocycles. The van der Waals surface area contributed by atoms with E-state index in [1.807, 2.05) is 55.6 Å². The zero-order valence-corrected chi connectivity index (χ0v) is 17.8. The number of likely N-dealkylation sites (N-methyl/N-ethyl adjacent to an activating group) is 1. The van der Waals surface area contributed by atoms with Crippen molar-refractivity contribution in [3.63, 3.8) is 0 Å². The van der Waals surface area contributed by atoms with E-state index in [2.05, 4.69) is 4.90 Å². The first-order valence-electron chi connectivity index (χ1n) is 9.63. The van der Waals surface area contributed by atoms with E-state index in [-0.39, 0.29) is 12.4 Å². The topological polar surface area (TPSA) is 68.2 Å². The molecule has 3 rings (SSSR count). The molecule has 0 atom stereocenters. The van der Waals surface area contributed by atoms with Gasteiger partial charge in [-0.2, -0.15) is 0 Å². The lowest BCUT2D eigenvalue weighted by molar-refractivity contribution is -0.113. The minimum Gasteiger partial charge on any atom is -0.496 e. The predicted molar refractivity (Wildman–Crippen MR) is 117 cm³/mol. The molecule has 30 heavy (non-hydrogen) atoms. The Morgan fingerprint density at radius 3 is 1.93 bits per heavy atom. The Labute approximate surface area is 177 Å². The molecule has 1 aliphatic heterocycles. The third-order valence-electron chi connectivity index (χ3n) is 5.03. The molecule has 0 aliphatic carbocycles. The van der Waals surface area contributed by atoms with Gasteiger partial charge in [0.05, 0.1) is 27.9 Å². The van der Waals surface area contributed by atoms with Gasteiger partial charge in [0.2, 0.25) is 0 Å². The number of likely N-dealkylation sites (tertiary alicyclic amines) is 1. The summed E-state index contributed by atoms with van der Waals surface area (Å²) in [5, 5.41) is 9.40. The fourth-order valence-electron chi connectivity index (χ4n) is 3.54. The number of methoxy groups -OCH3 is 3. The highest BCUT2D eigenvalue weighted by atomic mass is 16.5. The summed E-state index contributed by atoms with van der Waals surface area (Å²) in [4.78, 5) is 15.2. The SMILES string of the molecule is COc1cc(/C=C2\CN(C)C/C(=C\c3ccc(OC)c(OC)c3)C2=O)ccc1CO. The molecule has 2 aromatic carbocycles. The van der Waals surface area contributed by atoms with Crippen LogP contribution >= 0.6 is 0 Å². The quantitative estimate of drug-likeness (QED) is 0.739. The van der Waals surface area contributed by atoms with Crippen molar-refractivity contribution in [1.29, 1.82) is 0 Å². The Bertz CT molecular complexity index is 916. The fourth-order valence-corrected chi connectivity index (χ4v) is 3.54. The molecular formula is C24H27NO5. The monoisotopic (exact) mass is 409 g/mol. The number of ether oxygens (including phenoxy) is 3. The highest BCUT2D eigenvalue weighted by molar-refractivity contribution is 6.14. The van der Waals surface area contributed by atoms with E-state index in [1.165, 1.54) is 0 Å². The maximum atomic E-state index is 13.1. The minimum absolute atomic E-state index is 0.0214. The van der Waals surface area contributed by atoms with E-state index >= 15 is 0 Å². The molecular weight excluding hydrogens is 382 g/mol. The molecule has 1 fully saturated rings. The molecule has 0 unspecified atom stereocenters. The number of piperidine rings is 1. The third kappa shape index (κ3) is 4.72. The molecule has 0 spiro atoms. The summed E-state index contributed by atoms with van der Waals surface area (Å²) < 4.78 is 16.0. The number of hydrogen-bond donors (Lipinski definition) is 1. The van der Waals surface area contributed by atoms with Gasteiger partial charge in [0, 0.05) is 29.8 Å². The highest BCUT2D eigenvalue weighted by Gasteiger charge is 2.24. The van der Waals surface area contributed by atoms with Crippen molar-refractivity contribution in [1.82, 2.24) is 4.90 Å².